The van der Waals surface area contributed by atoms with Crippen LogP contribution in [0.3, 0.4) is 0 Å². The minimum absolute atomic E-state index is 0.196. The summed E-state index contributed by atoms with van der Waals surface area (Å²) in [5.74, 6) is 0. The Balaban J connectivity index is 1.81. The van der Waals surface area contributed by atoms with Gasteiger partial charge in [0.15, 0.2) is 0 Å². The van der Waals surface area contributed by atoms with Gasteiger partial charge >= 0.3 is 0 Å². The predicted molar refractivity (Wildman–Crippen MR) is 46.7 cm³/mol. The monoisotopic (exact) mass is 172 g/mol. The first-order valence-corrected chi connectivity index (χ1v) is 4.81. The Morgan fingerprint density at radius 3 is 2.75 bits per heavy atom. The average Bonchev–Trinajstić information content (AvgIpc) is 2.74. The maximum absolute atomic E-state index is 11.9. The van der Waals surface area contributed by atoms with Crippen LogP contribution in [0.5, 0.6) is 0 Å². The van der Waals surface area contributed by atoms with Gasteiger partial charge in [-0.3, -0.25) is 4.39 Å². The van der Waals surface area contributed by atoms with Crippen molar-refractivity contribution < 1.29 is 4.39 Å². The van der Waals surface area contributed by atoms with Crippen molar-refractivity contribution >= 4 is 0 Å². The molecule has 1 aliphatic heterocycles. The normalized spacial score (nSPS) is 33.0. The lowest BCUT2D eigenvalue weighted by molar-refractivity contribution is 0.298. The molecule has 70 valence electrons. The van der Waals surface area contributed by atoms with Gasteiger partial charge in [-0.15, -0.1) is 0 Å². The van der Waals surface area contributed by atoms with Crippen LogP contribution in [0.2, 0.25) is 0 Å². The second-order valence-corrected chi connectivity index (χ2v) is 4.25. The van der Waals surface area contributed by atoms with Crippen LogP contribution in [0.25, 0.3) is 0 Å². The van der Waals surface area contributed by atoms with Gasteiger partial charge in [-0.25, -0.2) is 0 Å². The molecule has 2 rings (SSSR count). The van der Waals surface area contributed by atoms with Crippen molar-refractivity contribution in [3.63, 3.8) is 0 Å². The summed E-state index contributed by atoms with van der Waals surface area (Å²) in [6.07, 6.45) is 3.25. The van der Waals surface area contributed by atoms with E-state index < -0.39 is 0 Å². The third kappa shape index (κ3) is 1.36. The van der Waals surface area contributed by atoms with E-state index in [0.29, 0.717) is 17.9 Å². The Kier molecular flexibility index (Phi) is 2.09. The van der Waals surface area contributed by atoms with E-state index in [9.17, 15) is 4.39 Å². The summed E-state index contributed by atoms with van der Waals surface area (Å²) in [4.78, 5) is 2.32. The van der Waals surface area contributed by atoms with Gasteiger partial charge in [0, 0.05) is 25.7 Å². The van der Waals surface area contributed by atoms with Gasteiger partial charge in [0.05, 0.1) is 6.67 Å². The van der Waals surface area contributed by atoms with Crippen LogP contribution in [0.4, 0.5) is 4.39 Å². The van der Waals surface area contributed by atoms with E-state index in [1.165, 1.54) is 12.8 Å². The molecular formula is C9H17FN2. The van der Waals surface area contributed by atoms with Gasteiger partial charge < -0.3 is 10.6 Å². The smallest absolute Gasteiger partial charge is 0.0906 e. The highest BCUT2D eigenvalue weighted by atomic mass is 19.1. The van der Waals surface area contributed by atoms with Gasteiger partial charge in [0.2, 0.25) is 0 Å². The molecule has 2 N–H and O–H groups in total. The molecule has 2 fully saturated rings. The van der Waals surface area contributed by atoms with E-state index in [1.54, 1.807) is 0 Å². The molecule has 0 amide bonds. The van der Waals surface area contributed by atoms with Crippen LogP contribution in [-0.2, 0) is 0 Å². The van der Waals surface area contributed by atoms with Gasteiger partial charge in [-0.05, 0) is 24.7 Å². The molecule has 1 aliphatic carbocycles. The van der Waals surface area contributed by atoms with Crippen LogP contribution in [0, 0.1) is 5.41 Å². The summed E-state index contributed by atoms with van der Waals surface area (Å²) in [5, 5.41) is 0. The summed E-state index contributed by atoms with van der Waals surface area (Å²) in [5.41, 5.74) is 6.46. The van der Waals surface area contributed by atoms with Crippen molar-refractivity contribution in [2.45, 2.75) is 25.3 Å². The molecule has 0 radical (unpaired) electrons. The minimum atomic E-state index is -0.196. The first kappa shape index (κ1) is 8.45. The molecule has 1 saturated carbocycles. The zero-order valence-electron chi connectivity index (χ0n) is 7.43. The molecule has 12 heavy (non-hydrogen) atoms. The zero-order chi connectivity index (χ0) is 8.60. The van der Waals surface area contributed by atoms with Crippen molar-refractivity contribution in [2.24, 2.45) is 11.1 Å². The molecule has 3 heteroatoms. The SMILES string of the molecule is N[C@@H]1CN(CCCF)CC12CC2. The maximum Gasteiger partial charge on any atom is 0.0906 e. The lowest BCUT2D eigenvalue weighted by Gasteiger charge is -2.13. The lowest BCUT2D eigenvalue weighted by atomic mass is 10.0. The van der Waals surface area contributed by atoms with Gasteiger partial charge in [0.25, 0.3) is 0 Å². The third-order valence-electron chi connectivity index (χ3n) is 3.28. The molecule has 0 unspecified atom stereocenters. The molecule has 0 aromatic carbocycles. The second-order valence-electron chi connectivity index (χ2n) is 4.25. The van der Waals surface area contributed by atoms with Gasteiger partial charge in [-0.2, -0.15) is 0 Å². The Morgan fingerprint density at radius 2 is 2.25 bits per heavy atom. The van der Waals surface area contributed by atoms with Gasteiger partial charge in [0.1, 0.15) is 0 Å². The van der Waals surface area contributed by atoms with Crippen LogP contribution >= 0.6 is 0 Å². The largest absolute Gasteiger partial charge is 0.326 e. The number of hydrogen-bond acceptors (Lipinski definition) is 2. The molecule has 1 atom stereocenters. The van der Waals surface area contributed by atoms with Crippen molar-refractivity contribution in [2.75, 3.05) is 26.3 Å². The molecule has 0 aromatic heterocycles. The lowest BCUT2D eigenvalue weighted by Crippen LogP contribution is -2.30. The molecule has 2 nitrogen and oxygen atoms in total. The Bertz CT molecular complexity index is 168. The number of likely N-dealkylation sites (tertiary alicyclic amines) is 1. The number of alkyl halides is 1. The summed E-state index contributed by atoms with van der Waals surface area (Å²) < 4.78 is 11.9. The number of nitrogens with two attached hydrogens (primary N) is 1. The molecule has 2 aliphatic rings. The van der Waals surface area contributed by atoms with E-state index in [-0.39, 0.29) is 6.67 Å². The minimum Gasteiger partial charge on any atom is -0.326 e. The highest BCUT2D eigenvalue weighted by Crippen LogP contribution is 2.51. The van der Waals surface area contributed by atoms with Crippen molar-refractivity contribution in [1.82, 2.24) is 4.90 Å². The van der Waals surface area contributed by atoms with Crippen LogP contribution in [-0.4, -0.2) is 37.3 Å². The van der Waals surface area contributed by atoms with E-state index in [2.05, 4.69) is 4.90 Å². The van der Waals surface area contributed by atoms with Crippen LogP contribution in [0.15, 0.2) is 0 Å². The number of halogens is 1. The first-order chi connectivity index (χ1) is 5.77. The van der Waals surface area contributed by atoms with Gasteiger partial charge in [-0.1, -0.05) is 0 Å². The third-order valence-corrected chi connectivity index (χ3v) is 3.28. The fourth-order valence-corrected chi connectivity index (χ4v) is 2.24. The van der Waals surface area contributed by atoms with Crippen molar-refractivity contribution in [3.05, 3.63) is 0 Å². The number of hydrogen-bond donors (Lipinski definition) is 1. The van der Waals surface area contributed by atoms with Crippen molar-refractivity contribution in [1.29, 1.82) is 0 Å². The quantitative estimate of drug-likeness (QED) is 0.681. The molecular weight excluding hydrogens is 155 g/mol. The van der Waals surface area contributed by atoms with E-state index in [0.717, 1.165) is 19.6 Å². The van der Waals surface area contributed by atoms with Crippen LogP contribution in [0.1, 0.15) is 19.3 Å². The standard InChI is InChI=1S/C9H17FN2/c10-4-1-5-12-6-8(11)9(7-12)2-3-9/h8H,1-7,11H2/t8-/m1/s1. The Labute approximate surface area is 72.9 Å². The number of nitrogens with zero attached hydrogens (tertiary/aromatic N) is 1. The van der Waals surface area contributed by atoms with E-state index >= 15 is 0 Å². The second kappa shape index (κ2) is 2.96. The highest BCUT2D eigenvalue weighted by molar-refractivity contribution is 5.08. The van der Waals surface area contributed by atoms with E-state index in [4.69, 9.17) is 5.73 Å². The summed E-state index contributed by atoms with van der Waals surface area (Å²) in [7, 11) is 0. The fourth-order valence-electron chi connectivity index (χ4n) is 2.24. The highest BCUT2D eigenvalue weighted by Gasteiger charge is 2.52. The van der Waals surface area contributed by atoms with Crippen LogP contribution < -0.4 is 5.73 Å². The summed E-state index contributed by atoms with van der Waals surface area (Å²) in [6.45, 7) is 2.80. The topological polar surface area (TPSA) is 29.3 Å². The summed E-state index contributed by atoms with van der Waals surface area (Å²) in [6, 6.07) is 0.358. The fraction of sp³-hybridized carbons (Fsp3) is 1.00. The molecule has 0 bridgehead atoms. The molecule has 0 aromatic rings. The van der Waals surface area contributed by atoms with Crippen molar-refractivity contribution in [3.8, 4) is 0 Å². The Hall–Kier alpha value is -0.150. The average molecular weight is 172 g/mol. The predicted octanol–water partition coefficient (Wildman–Crippen LogP) is 0.769. The summed E-state index contributed by atoms with van der Waals surface area (Å²) >= 11 is 0. The molecule has 1 spiro atoms. The number of rotatable bonds is 3. The molecule has 1 heterocycles. The zero-order valence-corrected chi connectivity index (χ0v) is 7.43. The molecule has 1 saturated heterocycles. The van der Waals surface area contributed by atoms with E-state index in [1.807, 2.05) is 0 Å². The Morgan fingerprint density at radius 1 is 1.50 bits per heavy atom. The first-order valence-electron chi connectivity index (χ1n) is 4.81. The maximum atomic E-state index is 11.9.